The lowest BCUT2D eigenvalue weighted by atomic mass is 9.95. The van der Waals surface area contributed by atoms with Crippen molar-refractivity contribution in [3.8, 4) is 11.5 Å². The van der Waals surface area contributed by atoms with E-state index in [1.807, 2.05) is 47.4 Å². The molecule has 152 valence electrons. The van der Waals surface area contributed by atoms with Crippen LogP contribution in [-0.4, -0.2) is 43.0 Å². The largest absolute Gasteiger partial charge is 0.490 e. The zero-order valence-electron chi connectivity index (χ0n) is 16.0. The Kier molecular flexibility index (Phi) is 6.04. The van der Waals surface area contributed by atoms with E-state index >= 15 is 0 Å². The van der Waals surface area contributed by atoms with Gasteiger partial charge in [0.15, 0.2) is 11.5 Å². The van der Waals surface area contributed by atoms with Crippen LogP contribution in [0.4, 0.5) is 5.69 Å². The lowest BCUT2D eigenvalue weighted by molar-refractivity contribution is -0.121. The van der Waals surface area contributed by atoms with Gasteiger partial charge >= 0.3 is 0 Å². The van der Waals surface area contributed by atoms with E-state index in [1.54, 1.807) is 0 Å². The number of hydrogen-bond acceptors (Lipinski definition) is 4. The van der Waals surface area contributed by atoms with Gasteiger partial charge in [0, 0.05) is 47.2 Å². The Balaban J connectivity index is 1.33. The minimum absolute atomic E-state index is 0.0132. The third-order valence-electron chi connectivity index (χ3n) is 5.26. The maximum atomic E-state index is 12.7. The summed E-state index contributed by atoms with van der Waals surface area (Å²) in [5, 5.41) is 2.98. The number of benzene rings is 2. The summed E-state index contributed by atoms with van der Waals surface area (Å²) in [4.78, 5) is 27.1. The summed E-state index contributed by atoms with van der Waals surface area (Å²) in [6.45, 7) is 2.40. The van der Waals surface area contributed by atoms with Crippen LogP contribution in [0, 0.1) is 5.92 Å². The minimum Gasteiger partial charge on any atom is -0.490 e. The van der Waals surface area contributed by atoms with Gasteiger partial charge in [-0.3, -0.25) is 9.59 Å². The van der Waals surface area contributed by atoms with E-state index in [0.29, 0.717) is 61.9 Å². The number of nitrogens with zero attached hydrogens (tertiary/aromatic N) is 1. The summed E-state index contributed by atoms with van der Waals surface area (Å²) in [6, 6.07) is 12.8. The normalized spacial score (nSPS) is 16.8. The van der Waals surface area contributed by atoms with Gasteiger partial charge < -0.3 is 19.7 Å². The highest BCUT2D eigenvalue weighted by molar-refractivity contribution is 9.10. The summed E-state index contributed by atoms with van der Waals surface area (Å²) >= 11 is 3.38. The van der Waals surface area contributed by atoms with E-state index in [1.165, 1.54) is 0 Å². The van der Waals surface area contributed by atoms with E-state index in [-0.39, 0.29) is 17.7 Å². The fourth-order valence-corrected chi connectivity index (χ4v) is 3.87. The van der Waals surface area contributed by atoms with Crippen LogP contribution >= 0.6 is 15.9 Å². The zero-order chi connectivity index (χ0) is 20.2. The van der Waals surface area contributed by atoms with Crippen molar-refractivity contribution in [1.29, 1.82) is 0 Å². The van der Waals surface area contributed by atoms with Gasteiger partial charge in [0.05, 0.1) is 13.2 Å². The highest BCUT2D eigenvalue weighted by atomic mass is 79.9. The number of anilines is 1. The van der Waals surface area contributed by atoms with Crippen molar-refractivity contribution in [3.63, 3.8) is 0 Å². The molecule has 0 saturated carbocycles. The SMILES string of the molecule is O=C(Nc1ccc2c(c1)OCCCO2)C1CCN(C(=O)c2ccc(Br)cc2)CC1. The first kappa shape index (κ1) is 19.8. The Hall–Kier alpha value is -2.54. The molecule has 0 bridgehead atoms. The molecule has 1 N–H and O–H groups in total. The zero-order valence-corrected chi connectivity index (χ0v) is 17.6. The lowest BCUT2D eigenvalue weighted by Crippen LogP contribution is -2.41. The van der Waals surface area contributed by atoms with E-state index in [0.717, 1.165) is 10.9 Å². The highest BCUT2D eigenvalue weighted by Gasteiger charge is 2.28. The van der Waals surface area contributed by atoms with Crippen molar-refractivity contribution < 1.29 is 19.1 Å². The van der Waals surface area contributed by atoms with Crippen LogP contribution in [-0.2, 0) is 4.79 Å². The first-order valence-electron chi connectivity index (χ1n) is 9.85. The Labute approximate surface area is 178 Å². The quantitative estimate of drug-likeness (QED) is 0.751. The fraction of sp³-hybridized carbons (Fsp3) is 0.364. The van der Waals surface area contributed by atoms with Crippen LogP contribution in [0.2, 0.25) is 0 Å². The number of ether oxygens (including phenoxy) is 2. The standard InChI is InChI=1S/C22H23BrN2O4/c23-17-4-2-16(3-5-17)22(27)25-10-8-15(9-11-25)21(26)24-18-6-7-19-20(14-18)29-13-1-12-28-19/h2-7,14-15H,1,8-13H2,(H,24,26). The molecule has 7 heteroatoms. The van der Waals surface area contributed by atoms with Crippen LogP contribution in [0.3, 0.4) is 0 Å². The minimum atomic E-state index is -0.111. The first-order chi connectivity index (χ1) is 14.1. The number of fused-ring (bicyclic) bond motifs is 1. The highest BCUT2D eigenvalue weighted by Crippen LogP contribution is 2.32. The average molecular weight is 459 g/mol. The Morgan fingerprint density at radius 2 is 1.66 bits per heavy atom. The predicted molar refractivity (Wildman–Crippen MR) is 113 cm³/mol. The summed E-state index contributed by atoms with van der Waals surface area (Å²) in [7, 11) is 0. The molecule has 4 rings (SSSR count). The number of carbonyl (C=O) groups is 2. The number of likely N-dealkylation sites (tertiary alicyclic amines) is 1. The molecule has 1 fully saturated rings. The molecule has 2 aromatic rings. The van der Waals surface area contributed by atoms with Gasteiger partial charge in [0.25, 0.3) is 5.91 Å². The number of carbonyl (C=O) groups excluding carboxylic acids is 2. The van der Waals surface area contributed by atoms with Crippen molar-refractivity contribution in [1.82, 2.24) is 4.90 Å². The molecule has 2 aliphatic rings. The van der Waals surface area contributed by atoms with E-state index in [4.69, 9.17) is 9.47 Å². The van der Waals surface area contributed by atoms with Crippen molar-refractivity contribution in [2.24, 2.45) is 5.92 Å². The van der Waals surface area contributed by atoms with Crippen LogP contribution in [0.15, 0.2) is 46.9 Å². The number of halogens is 1. The molecule has 2 amide bonds. The number of rotatable bonds is 3. The molecular formula is C22H23BrN2O4. The molecule has 29 heavy (non-hydrogen) atoms. The van der Waals surface area contributed by atoms with E-state index in [2.05, 4.69) is 21.2 Å². The van der Waals surface area contributed by atoms with Crippen LogP contribution < -0.4 is 14.8 Å². The number of nitrogens with one attached hydrogen (secondary N) is 1. The fourth-order valence-electron chi connectivity index (χ4n) is 3.61. The summed E-state index contributed by atoms with van der Waals surface area (Å²) in [5.74, 6) is 1.25. The molecule has 6 nitrogen and oxygen atoms in total. The third-order valence-corrected chi connectivity index (χ3v) is 5.79. The average Bonchev–Trinajstić information content (AvgIpc) is 2.99. The van der Waals surface area contributed by atoms with Gasteiger partial charge in [-0.2, -0.15) is 0 Å². The van der Waals surface area contributed by atoms with Gasteiger partial charge in [0.2, 0.25) is 5.91 Å². The molecule has 0 aromatic heterocycles. The summed E-state index contributed by atoms with van der Waals surface area (Å²) in [5.41, 5.74) is 1.37. The van der Waals surface area contributed by atoms with Gasteiger partial charge in [-0.15, -0.1) is 0 Å². The Morgan fingerprint density at radius 3 is 2.38 bits per heavy atom. The molecule has 0 unspecified atom stereocenters. The number of amides is 2. The molecular weight excluding hydrogens is 436 g/mol. The molecule has 2 aromatic carbocycles. The molecule has 2 aliphatic heterocycles. The van der Waals surface area contributed by atoms with Gasteiger partial charge in [-0.05, 0) is 49.2 Å². The van der Waals surface area contributed by atoms with Crippen molar-refractivity contribution in [2.45, 2.75) is 19.3 Å². The maximum Gasteiger partial charge on any atom is 0.253 e. The Morgan fingerprint density at radius 1 is 0.966 bits per heavy atom. The Bertz CT molecular complexity index is 892. The molecule has 2 heterocycles. The van der Waals surface area contributed by atoms with E-state index < -0.39 is 0 Å². The van der Waals surface area contributed by atoms with Crippen molar-refractivity contribution >= 4 is 33.4 Å². The van der Waals surface area contributed by atoms with Crippen LogP contribution in [0.25, 0.3) is 0 Å². The van der Waals surface area contributed by atoms with Crippen LogP contribution in [0.1, 0.15) is 29.6 Å². The lowest BCUT2D eigenvalue weighted by Gasteiger charge is -2.31. The number of piperidine rings is 1. The first-order valence-corrected chi connectivity index (χ1v) is 10.6. The molecule has 0 spiro atoms. The predicted octanol–water partition coefficient (Wildman–Crippen LogP) is 4.10. The summed E-state index contributed by atoms with van der Waals surface area (Å²) in [6.07, 6.45) is 2.14. The van der Waals surface area contributed by atoms with Crippen molar-refractivity contribution in [3.05, 3.63) is 52.5 Å². The van der Waals surface area contributed by atoms with Gasteiger partial charge in [0.1, 0.15) is 0 Å². The number of hydrogen-bond donors (Lipinski definition) is 1. The summed E-state index contributed by atoms with van der Waals surface area (Å²) < 4.78 is 12.3. The second kappa shape index (κ2) is 8.86. The molecule has 0 radical (unpaired) electrons. The smallest absolute Gasteiger partial charge is 0.253 e. The topological polar surface area (TPSA) is 67.9 Å². The monoisotopic (exact) mass is 458 g/mol. The maximum absolute atomic E-state index is 12.7. The third kappa shape index (κ3) is 4.72. The van der Waals surface area contributed by atoms with Gasteiger partial charge in [-0.25, -0.2) is 0 Å². The molecule has 0 aliphatic carbocycles. The second-order valence-corrected chi connectivity index (χ2v) is 8.19. The second-order valence-electron chi connectivity index (χ2n) is 7.27. The van der Waals surface area contributed by atoms with E-state index in [9.17, 15) is 9.59 Å². The van der Waals surface area contributed by atoms with Gasteiger partial charge in [-0.1, -0.05) is 15.9 Å². The molecule has 0 atom stereocenters. The van der Waals surface area contributed by atoms with Crippen LogP contribution in [0.5, 0.6) is 11.5 Å². The molecule has 1 saturated heterocycles. The van der Waals surface area contributed by atoms with Crippen molar-refractivity contribution in [2.75, 3.05) is 31.6 Å².